The maximum atomic E-state index is 13.7. The number of aliphatic hydroxyl groups excluding tert-OH is 1. The molecule has 1 atom stereocenters. The first-order chi connectivity index (χ1) is 14.8. The number of halogens is 2. The Labute approximate surface area is 182 Å². The van der Waals surface area contributed by atoms with Gasteiger partial charge < -0.3 is 19.9 Å². The highest BCUT2D eigenvalue weighted by Gasteiger charge is 2.19. The van der Waals surface area contributed by atoms with Crippen molar-refractivity contribution >= 4 is 17.2 Å². The van der Waals surface area contributed by atoms with Crippen molar-refractivity contribution < 1.29 is 28.2 Å². The van der Waals surface area contributed by atoms with Crippen molar-refractivity contribution in [1.29, 1.82) is 0 Å². The second kappa shape index (κ2) is 9.84. The van der Waals surface area contributed by atoms with Crippen LogP contribution in [0, 0.1) is 18.6 Å². The molecule has 3 aromatic rings. The molecule has 0 aliphatic heterocycles. The van der Waals surface area contributed by atoms with E-state index in [0.717, 1.165) is 17.7 Å². The second-order valence-corrected chi connectivity index (χ2v) is 7.81. The van der Waals surface area contributed by atoms with E-state index in [9.17, 15) is 18.7 Å². The van der Waals surface area contributed by atoms with Gasteiger partial charge >= 0.3 is 0 Å². The molecule has 1 amide bonds. The second-order valence-electron chi connectivity index (χ2n) is 6.81. The molecule has 0 radical (unpaired) electrons. The Bertz CT molecular complexity index is 1090. The number of methoxy groups -OCH3 is 2. The van der Waals surface area contributed by atoms with E-state index in [2.05, 4.69) is 10.3 Å². The Morgan fingerprint density at radius 3 is 2.58 bits per heavy atom. The summed E-state index contributed by atoms with van der Waals surface area (Å²) in [5.41, 5.74) is 1.50. The molecule has 31 heavy (non-hydrogen) atoms. The molecular formula is C22H22F2N2O4S. The molecule has 0 saturated carbocycles. The Kier molecular flexibility index (Phi) is 7.19. The fraction of sp³-hybridized carbons (Fsp3) is 0.273. The first-order valence-corrected chi connectivity index (χ1v) is 10.2. The molecule has 2 N–H and O–H groups in total. The van der Waals surface area contributed by atoms with Crippen LogP contribution in [0.15, 0.2) is 36.4 Å². The molecule has 0 fully saturated rings. The quantitative estimate of drug-likeness (QED) is 0.549. The number of rotatable bonds is 8. The Balaban J connectivity index is 1.67. The average Bonchev–Trinajstić information content (AvgIpc) is 3.15. The van der Waals surface area contributed by atoms with Crippen LogP contribution in [-0.4, -0.2) is 42.9 Å². The molecular weight excluding hydrogens is 426 g/mol. The highest BCUT2D eigenvalue weighted by atomic mass is 32.1. The summed E-state index contributed by atoms with van der Waals surface area (Å²) in [5, 5.41) is 13.4. The van der Waals surface area contributed by atoms with Crippen molar-refractivity contribution in [1.82, 2.24) is 10.3 Å². The number of nitrogens with zero attached hydrogens (tertiary/aromatic N) is 1. The number of aromatic nitrogens is 1. The standard InChI is InChI=1S/C22H22F2N2O4S/c1-12-20(31-22(26-12)14-5-7-18(29-2)19(9-14)30-3)21(28)25-11-16(27)8-13-4-6-15(23)10-17(13)24/h4-7,9-10,16,27H,8,11H2,1-3H3,(H,25,28). The summed E-state index contributed by atoms with van der Waals surface area (Å²) >= 11 is 1.21. The maximum absolute atomic E-state index is 13.7. The molecule has 3 rings (SSSR count). The van der Waals surface area contributed by atoms with E-state index in [1.54, 1.807) is 26.2 Å². The number of ether oxygens (including phenoxy) is 2. The van der Waals surface area contributed by atoms with E-state index in [0.29, 0.717) is 27.1 Å². The zero-order chi connectivity index (χ0) is 22.5. The first kappa shape index (κ1) is 22.6. The SMILES string of the molecule is COc1ccc(-c2nc(C)c(C(=O)NCC(O)Cc3ccc(F)cc3F)s2)cc1OC. The Morgan fingerprint density at radius 1 is 1.16 bits per heavy atom. The summed E-state index contributed by atoms with van der Waals surface area (Å²) in [7, 11) is 3.09. The lowest BCUT2D eigenvalue weighted by atomic mass is 10.1. The van der Waals surface area contributed by atoms with Gasteiger partial charge in [0.2, 0.25) is 0 Å². The van der Waals surface area contributed by atoms with Gasteiger partial charge in [-0.3, -0.25) is 4.79 Å². The number of thiazole rings is 1. The lowest BCUT2D eigenvalue weighted by molar-refractivity contribution is 0.0918. The largest absolute Gasteiger partial charge is 0.493 e. The van der Waals surface area contributed by atoms with Gasteiger partial charge in [-0.1, -0.05) is 6.07 Å². The van der Waals surface area contributed by atoms with Gasteiger partial charge in [-0.25, -0.2) is 13.8 Å². The van der Waals surface area contributed by atoms with Gasteiger partial charge in [0.1, 0.15) is 21.5 Å². The number of nitrogens with one attached hydrogen (secondary N) is 1. The highest BCUT2D eigenvalue weighted by Crippen LogP contribution is 2.35. The van der Waals surface area contributed by atoms with Gasteiger partial charge in [-0.15, -0.1) is 11.3 Å². The van der Waals surface area contributed by atoms with Crippen LogP contribution < -0.4 is 14.8 Å². The van der Waals surface area contributed by atoms with Crippen LogP contribution in [0.25, 0.3) is 10.6 Å². The third-order valence-electron chi connectivity index (χ3n) is 4.60. The van der Waals surface area contributed by atoms with Crippen molar-refractivity contribution in [2.75, 3.05) is 20.8 Å². The summed E-state index contributed by atoms with van der Waals surface area (Å²) in [6.07, 6.45) is -1.08. The van der Waals surface area contributed by atoms with E-state index in [1.807, 2.05) is 6.07 Å². The number of carbonyl (C=O) groups excluding carboxylic acids is 1. The smallest absolute Gasteiger partial charge is 0.263 e. The van der Waals surface area contributed by atoms with Crippen molar-refractivity contribution in [3.05, 3.63) is 64.2 Å². The molecule has 6 nitrogen and oxygen atoms in total. The predicted molar refractivity (Wildman–Crippen MR) is 114 cm³/mol. The van der Waals surface area contributed by atoms with Crippen molar-refractivity contribution in [2.24, 2.45) is 0 Å². The summed E-state index contributed by atoms with van der Waals surface area (Å²) in [6.45, 7) is 1.64. The van der Waals surface area contributed by atoms with Crippen LogP contribution in [-0.2, 0) is 6.42 Å². The predicted octanol–water partition coefficient (Wildman–Crippen LogP) is 3.75. The zero-order valence-electron chi connectivity index (χ0n) is 17.2. The van der Waals surface area contributed by atoms with E-state index in [1.165, 1.54) is 24.5 Å². The van der Waals surface area contributed by atoms with Crippen LogP contribution in [0.2, 0.25) is 0 Å². The summed E-state index contributed by atoms with van der Waals surface area (Å²) in [5.74, 6) is -0.669. The van der Waals surface area contributed by atoms with E-state index in [4.69, 9.17) is 9.47 Å². The number of amides is 1. The van der Waals surface area contributed by atoms with E-state index in [-0.39, 0.29) is 24.4 Å². The minimum atomic E-state index is -1.03. The minimum absolute atomic E-state index is 0.0506. The monoisotopic (exact) mass is 448 g/mol. The number of aryl methyl sites for hydroxylation is 1. The number of aliphatic hydroxyl groups is 1. The summed E-state index contributed by atoms with van der Waals surface area (Å²) in [6, 6.07) is 8.52. The molecule has 0 spiro atoms. The molecule has 0 aliphatic carbocycles. The molecule has 1 aromatic heterocycles. The number of hydrogen-bond donors (Lipinski definition) is 2. The number of hydrogen-bond acceptors (Lipinski definition) is 6. The van der Waals surface area contributed by atoms with Crippen molar-refractivity contribution in [3.63, 3.8) is 0 Å². The number of benzene rings is 2. The normalized spacial score (nSPS) is 11.8. The molecule has 0 saturated heterocycles. The zero-order valence-corrected chi connectivity index (χ0v) is 18.1. The molecule has 9 heteroatoms. The molecule has 2 aromatic carbocycles. The number of carbonyl (C=O) groups is 1. The topological polar surface area (TPSA) is 80.7 Å². The van der Waals surface area contributed by atoms with Gasteiger partial charge in [0.05, 0.1) is 26.0 Å². The average molecular weight is 448 g/mol. The molecule has 164 valence electrons. The highest BCUT2D eigenvalue weighted by molar-refractivity contribution is 7.17. The fourth-order valence-electron chi connectivity index (χ4n) is 3.00. The van der Waals surface area contributed by atoms with Crippen LogP contribution >= 0.6 is 11.3 Å². The van der Waals surface area contributed by atoms with Gasteiger partial charge in [-0.05, 0) is 36.8 Å². The molecule has 1 unspecified atom stereocenters. The van der Waals surface area contributed by atoms with Gasteiger partial charge in [0.15, 0.2) is 11.5 Å². The Morgan fingerprint density at radius 2 is 1.90 bits per heavy atom. The third kappa shape index (κ3) is 5.36. The van der Waals surface area contributed by atoms with Crippen LogP contribution in [0.3, 0.4) is 0 Å². The molecule has 0 aliphatic rings. The van der Waals surface area contributed by atoms with E-state index < -0.39 is 17.7 Å². The van der Waals surface area contributed by atoms with Gasteiger partial charge in [0, 0.05) is 24.6 Å². The van der Waals surface area contributed by atoms with E-state index >= 15 is 0 Å². The Hall–Kier alpha value is -3.04. The van der Waals surface area contributed by atoms with Gasteiger partial charge in [-0.2, -0.15) is 0 Å². The van der Waals surface area contributed by atoms with Crippen LogP contribution in [0.5, 0.6) is 11.5 Å². The molecule has 0 bridgehead atoms. The minimum Gasteiger partial charge on any atom is -0.493 e. The lowest BCUT2D eigenvalue weighted by Crippen LogP contribution is -2.33. The molecule has 1 heterocycles. The fourth-order valence-corrected chi connectivity index (χ4v) is 3.98. The first-order valence-electron chi connectivity index (χ1n) is 9.42. The maximum Gasteiger partial charge on any atom is 0.263 e. The van der Waals surface area contributed by atoms with Gasteiger partial charge in [0.25, 0.3) is 5.91 Å². The van der Waals surface area contributed by atoms with Crippen molar-refractivity contribution in [3.8, 4) is 22.1 Å². The summed E-state index contributed by atoms with van der Waals surface area (Å²) < 4.78 is 37.3. The third-order valence-corrected chi connectivity index (χ3v) is 5.81. The van der Waals surface area contributed by atoms with Crippen LogP contribution in [0.1, 0.15) is 20.9 Å². The van der Waals surface area contributed by atoms with Crippen LogP contribution in [0.4, 0.5) is 8.78 Å². The van der Waals surface area contributed by atoms with Crippen molar-refractivity contribution in [2.45, 2.75) is 19.4 Å². The summed E-state index contributed by atoms with van der Waals surface area (Å²) in [4.78, 5) is 17.5. The lowest BCUT2D eigenvalue weighted by Gasteiger charge is -2.12.